The van der Waals surface area contributed by atoms with Crippen molar-refractivity contribution in [1.82, 2.24) is 10.2 Å². The molecule has 0 spiro atoms. The molecule has 5 nitrogen and oxygen atoms in total. The lowest BCUT2D eigenvalue weighted by molar-refractivity contribution is -0.385. The van der Waals surface area contributed by atoms with Crippen molar-refractivity contribution in [2.45, 2.75) is 31.8 Å². The van der Waals surface area contributed by atoms with Crippen molar-refractivity contribution in [3.05, 3.63) is 38.9 Å². The molecule has 0 bridgehead atoms. The van der Waals surface area contributed by atoms with Gasteiger partial charge in [-0.1, -0.05) is 11.6 Å². The van der Waals surface area contributed by atoms with Gasteiger partial charge in [-0.25, -0.2) is 0 Å². The van der Waals surface area contributed by atoms with E-state index in [-0.39, 0.29) is 23.0 Å². The maximum Gasteiger partial charge on any atom is 0.275 e. The fourth-order valence-electron chi connectivity index (χ4n) is 2.68. The molecule has 0 aliphatic carbocycles. The first-order valence-corrected chi connectivity index (χ1v) is 7.29. The summed E-state index contributed by atoms with van der Waals surface area (Å²) in [6.45, 7) is 2.65. The molecule has 0 radical (unpaired) electrons. The number of nitro benzene ring substituents is 1. The number of benzene rings is 1. The summed E-state index contributed by atoms with van der Waals surface area (Å²) < 4.78 is 0. The van der Waals surface area contributed by atoms with Crippen LogP contribution in [0.25, 0.3) is 0 Å². The van der Waals surface area contributed by atoms with E-state index in [0.29, 0.717) is 17.6 Å². The average Bonchev–Trinajstić information content (AvgIpc) is 2.69. The maximum atomic E-state index is 11.1. The zero-order valence-electron chi connectivity index (χ0n) is 12.0. The van der Waals surface area contributed by atoms with Crippen LogP contribution in [0.2, 0.25) is 5.02 Å². The van der Waals surface area contributed by atoms with Crippen LogP contribution in [0.5, 0.6) is 0 Å². The first kappa shape index (κ1) is 18.2. The summed E-state index contributed by atoms with van der Waals surface area (Å²) in [6.07, 6.45) is 3.36. The zero-order chi connectivity index (χ0) is 14.5. The van der Waals surface area contributed by atoms with E-state index in [4.69, 9.17) is 11.6 Å². The lowest BCUT2D eigenvalue weighted by Gasteiger charge is -2.26. The van der Waals surface area contributed by atoms with Crippen molar-refractivity contribution in [2.24, 2.45) is 0 Å². The van der Waals surface area contributed by atoms with Crippen molar-refractivity contribution in [1.29, 1.82) is 0 Å². The number of rotatable bonds is 4. The minimum Gasteiger partial charge on any atom is -0.317 e. The molecule has 1 aliphatic rings. The van der Waals surface area contributed by atoms with Gasteiger partial charge in [0.05, 0.1) is 4.92 Å². The van der Waals surface area contributed by atoms with Gasteiger partial charge in [0.15, 0.2) is 0 Å². The number of nitrogens with zero attached hydrogens (tertiary/aromatic N) is 2. The number of halogens is 2. The highest BCUT2D eigenvalue weighted by Gasteiger charge is 2.21. The van der Waals surface area contributed by atoms with Gasteiger partial charge in [0.2, 0.25) is 0 Å². The minimum atomic E-state index is -0.357. The molecule has 21 heavy (non-hydrogen) atoms. The predicted molar refractivity (Wildman–Crippen MR) is 87.3 cm³/mol. The van der Waals surface area contributed by atoms with Crippen LogP contribution >= 0.6 is 24.0 Å². The van der Waals surface area contributed by atoms with Crippen LogP contribution in [0.4, 0.5) is 5.69 Å². The third kappa shape index (κ3) is 5.11. The van der Waals surface area contributed by atoms with Crippen molar-refractivity contribution in [2.75, 3.05) is 20.1 Å². The Balaban J connectivity index is 0.00000220. The molecule has 118 valence electrons. The largest absolute Gasteiger partial charge is 0.317 e. The first-order chi connectivity index (χ1) is 9.58. The summed E-state index contributed by atoms with van der Waals surface area (Å²) in [5.74, 6) is 0. The zero-order valence-corrected chi connectivity index (χ0v) is 13.6. The van der Waals surface area contributed by atoms with Gasteiger partial charge in [-0.05, 0) is 51.5 Å². The van der Waals surface area contributed by atoms with Crippen LogP contribution in [0.1, 0.15) is 24.8 Å². The van der Waals surface area contributed by atoms with Gasteiger partial charge in [-0.15, -0.1) is 12.4 Å². The van der Waals surface area contributed by atoms with Crippen LogP contribution in [-0.4, -0.2) is 36.0 Å². The lowest BCUT2D eigenvalue weighted by Crippen LogP contribution is -2.32. The number of nitrogens with one attached hydrogen (secondary N) is 1. The van der Waals surface area contributed by atoms with Crippen molar-refractivity contribution >= 4 is 29.7 Å². The summed E-state index contributed by atoms with van der Waals surface area (Å²) in [7, 11) is 2.04. The molecule has 1 heterocycles. The third-order valence-corrected chi connectivity index (χ3v) is 4.07. The molecular formula is C14H21Cl2N3O2. The Morgan fingerprint density at radius 1 is 1.43 bits per heavy atom. The highest BCUT2D eigenvalue weighted by Crippen LogP contribution is 2.25. The first-order valence-electron chi connectivity index (χ1n) is 6.91. The summed E-state index contributed by atoms with van der Waals surface area (Å²) in [4.78, 5) is 13.0. The average molecular weight is 334 g/mol. The van der Waals surface area contributed by atoms with E-state index in [0.717, 1.165) is 37.9 Å². The molecule has 1 unspecified atom stereocenters. The Labute approximate surface area is 136 Å². The molecular weight excluding hydrogens is 313 g/mol. The van der Waals surface area contributed by atoms with E-state index >= 15 is 0 Å². The number of nitro groups is 1. The van der Waals surface area contributed by atoms with Gasteiger partial charge >= 0.3 is 0 Å². The van der Waals surface area contributed by atoms with E-state index in [1.54, 1.807) is 12.1 Å². The Hall–Kier alpha value is -0.880. The molecule has 2 rings (SSSR count). The quantitative estimate of drug-likeness (QED) is 0.678. The van der Waals surface area contributed by atoms with E-state index < -0.39 is 0 Å². The van der Waals surface area contributed by atoms with E-state index in [9.17, 15) is 10.1 Å². The maximum absolute atomic E-state index is 11.1. The molecule has 1 saturated heterocycles. The second kappa shape index (κ2) is 8.54. The topological polar surface area (TPSA) is 58.4 Å². The van der Waals surface area contributed by atoms with Crippen LogP contribution in [-0.2, 0) is 6.54 Å². The Bertz CT molecular complexity index is 477. The number of hydrogen-bond donors (Lipinski definition) is 1. The molecule has 0 saturated carbocycles. The molecule has 1 atom stereocenters. The van der Waals surface area contributed by atoms with Gasteiger partial charge in [0.25, 0.3) is 5.69 Å². The summed E-state index contributed by atoms with van der Waals surface area (Å²) >= 11 is 5.84. The molecule has 1 aliphatic heterocycles. The van der Waals surface area contributed by atoms with Gasteiger partial charge < -0.3 is 5.32 Å². The van der Waals surface area contributed by atoms with Crippen LogP contribution in [0, 0.1) is 10.1 Å². The van der Waals surface area contributed by atoms with Crippen molar-refractivity contribution < 1.29 is 4.92 Å². The summed E-state index contributed by atoms with van der Waals surface area (Å²) in [6, 6.07) is 5.37. The predicted octanol–water partition coefficient (Wildman–Crippen LogP) is 3.24. The van der Waals surface area contributed by atoms with E-state index in [2.05, 4.69) is 10.2 Å². The van der Waals surface area contributed by atoms with Crippen molar-refractivity contribution in [3.63, 3.8) is 0 Å². The molecule has 7 heteroatoms. The van der Waals surface area contributed by atoms with Gasteiger partial charge in [0.1, 0.15) is 0 Å². The third-order valence-electron chi connectivity index (χ3n) is 3.83. The highest BCUT2D eigenvalue weighted by atomic mass is 35.5. The summed E-state index contributed by atoms with van der Waals surface area (Å²) in [5, 5.41) is 14.9. The Morgan fingerprint density at radius 3 is 2.90 bits per heavy atom. The summed E-state index contributed by atoms with van der Waals surface area (Å²) in [5.41, 5.74) is 0.829. The van der Waals surface area contributed by atoms with Crippen molar-refractivity contribution in [3.8, 4) is 0 Å². The highest BCUT2D eigenvalue weighted by molar-refractivity contribution is 6.30. The Morgan fingerprint density at radius 2 is 2.19 bits per heavy atom. The monoisotopic (exact) mass is 333 g/mol. The number of hydrogen-bond acceptors (Lipinski definition) is 4. The SMILES string of the molecule is CN(Cc1ccc(Cl)cc1[N+](=O)[O-])C1CCCNCC1.Cl. The minimum absolute atomic E-state index is 0. The standard InChI is InChI=1S/C14H20ClN3O2.ClH/c1-17(13-3-2-7-16-8-6-13)10-11-4-5-12(15)9-14(11)18(19)20;/h4-5,9,13,16H,2-3,6-8,10H2,1H3;1H. The Kier molecular flexibility index (Phi) is 7.39. The van der Waals surface area contributed by atoms with E-state index in [1.165, 1.54) is 6.07 Å². The van der Waals surface area contributed by atoms with Gasteiger partial charge in [-0.2, -0.15) is 0 Å². The second-order valence-electron chi connectivity index (χ2n) is 5.28. The fourth-order valence-corrected chi connectivity index (χ4v) is 2.85. The van der Waals surface area contributed by atoms with Crippen LogP contribution in [0.15, 0.2) is 18.2 Å². The molecule has 1 fully saturated rings. The van der Waals surface area contributed by atoms with Crippen LogP contribution < -0.4 is 5.32 Å². The normalized spacial score (nSPS) is 18.9. The fraction of sp³-hybridized carbons (Fsp3) is 0.571. The van der Waals surface area contributed by atoms with Crippen LogP contribution in [0.3, 0.4) is 0 Å². The second-order valence-corrected chi connectivity index (χ2v) is 5.72. The molecule has 0 aromatic heterocycles. The lowest BCUT2D eigenvalue weighted by atomic mass is 10.1. The van der Waals surface area contributed by atoms with Gasteiger partial charge in [0, 0.05) is 29.2 Å². The smallest absolute Gasteiger partial charge is 0.275 e. The molecule has 1 aromatic carbocycles. The van der Waals surface area contributed by atoms with E-state index in [1.807, 2.05) is 7.05 Å². The molecule has 0 amide bonds. The molecule has 1 aromatic rings. The van der Waals surface area contributed by atoms with Gasteiger partial charge in [-0.3, -0.25) is 15.0 Å². The molecule has 1 N–H and O–H groups in total.